The van der Waals surface area contributed by atoms with Gasteiger partial charge < -0.3 is 15.3 Å². The Morgan fingerprint density at radius 2 is 1.80 bits per heavy atom. The van der Waals surface area contributed by atoms with Gasteiger partial charge in [-0.1, -0.05) is 18.2 Å². The Kier molecular flexibility index (Phi) is 6.22. The number of hydrogen-bond donors (Lipinski definition) is 2. The summed E-state index contributed by atoms with van der Waals surface area (Å²) >= 11 is 0. The summed E-state index contributed by atoms with van der Waals surface area (Å²) in [6.45, 7) is -0.386. The van der Waals surface area contributed by atoms with Crippen molar-refractivity contribution in [2.24, 2.45) is 0 Å². The van der Waals surface area contributed by atoms with Gasteiger partial charge in [0.25, 0.3) is 0 Å². The molecule has 0 bridgehead atoms. The normalized spacial score (nSPS) is 9.85. The molecule has 0 saturated carbocycles. The number of rotatable bonds is 7. The second-order valence-corrected chi connectivity index (χ2v) is 4.24. The summed E-state index contributed by atoms with van der Waals surface area (Å²) in [4.78, 5) is 35.2. The highest BCUT2D eigenvalue weighted by Gasteiger charge is 2.18. The van der Waals surface area contributed by atoms with Crippen LogP contribution in [0.2, 0.25) is 0 Å². The quantitative estimate of drug-likeness (QED) is 0.779. The third kappa shape index (κ3) is 5.09. The molecule has 0 saturated heterocycles. The van der Waals surface area contributed by atoms with Crippen LogP contribution in [0.3, 0.4) is 0 Å². The van der Waals surface area contributed by atoms with Gasteiger partial charge in [0.2, 0.25) is 11.8 Å². The number of carbonyl (C=O) groups excluding carboxylic acids is 2. The van der Waals surface area contributed by atoms with Crippen molar-refractivity contribution in [3.05, 3.63) is 30.3 Å². The number of nitrogens with one attached hydrogen (secondary N) is 1. The molecule has 6 heteroatoms. The number of para-hydroxylation sites is 1. The van der Waals surface area contributed by atoms with Crippen LogP contribution in [0.15, 0.2) is 30.3 Å². The minimum atomic E-state index is -1.08. The molecule has 2 N–H and O–H groups in total. The number of nitrogens with zero attached hydrogens (tertiary/aromatic N) is 1. The lowest BCUT2D eigenvalue weighted by Crippen LogP contribution is -2.35. The van der Waals surface area contributed by atoms with Crippen LogP contribution in [-0.4, -0.2) is 36.5 Å². The third-order valence-electron chi connectivity index (χ3n) is 2.74. The Bertz CT molecular complexity index is 473. The van der Waals surface area contributed by atoms with E-state index < -0.39 is 5.97 Å². The molecule has 0 fully saturated rings. The highest BCUT2D eigenvalue weighted by atomic mass is 16.4. The average molecular weight is 278 g/mol. The summed E-state index contributed by atoms with van der Waals surface area (Å²) in [6, 6.07) is 8.63. The molecule has 0 aliphatic rings. The zero-order chi connectivity index (χ0) is 15.0. The number of benzene rings is 1. The molecule has 6 nitrogen and oxygen atoms in total. The Morgan fingerprint density at radius 1 is 1.15 bits per heavy atom. The molecule has 0 aliphatic heterocycles. The predicted octanol–water partition coefficient (Wildman–Crippen LogP) is 1.02. The van der Waals surface area contributed by atoms with E-state index in [-0.39, 0.29) is 31.2 Å². The molecule has 20 heavy (non-hydrogen) atoms. The fourth-order valence-electron chi connectivity index (χ4n) is 1.73. The van der Waals surface area contributed by atoms with Crippen LogP contribution in [0.25, 0.3) is 0 Å². The number of amides is 2. The number of carboxylic acids is 1. The van der Waals surface area contributed by atoms with E-state index in [2.05, 4.69) is 5.32 Å². The summed E-state index contributed by atoms with van der Waals surface area (Å²) in [5.74, 6) is -1.52. The van der Waals surface area contributed by atoms with Crippen LogP contribution in [-0.2, 0) is 14.4 Å². The molecule has 0 radical (unpaired) electrons. The van der Waals surface area contributed by atoms with E-state index in [1.54, 1.807) is 30.3 Å². The second-order valence-electron chi connectivity index (χ2n) is 4.24. The molecular weight excluding hydrogens is 260 g/mol. The number of aliphatic carboxylic acids is 1. The maximum atomic E-state index is 12.1. The summed E-state index contributed by atoms with van der Waals surface area (Å²) in [5, 5.41) is 11.4. The maximum absolute atomic E-state index is 12.1. The van der Waals surface area contributed by atoms with Crippen molar-refractivity contribution in [3.63, 3.8) is 0 Å². The van der Waals surface area contributed by atoms with E-state index in [9.17, 15) is 14.4 Å². The minimum absolute atomic E-state index is 0.135. The fourth-order valence-corrected chi connectivity index (χ4v) is 1.73. The van der Waals surface area contributed by atoms with Gasteiger partial charge in [-0.2, -0.15) is 0 Å². The van der Waals surface area contributed by atoms with E-state index in [1.165, 1.54) is 11.9 Å². The van der Waals surface area contributed by atoms with Gasteiger partial charge in [0, 0.05) is 25.6 Å². The van der Waals surface area contributed by atoms with Gasteiger partial charge in [-0.25, -0.2) is 0 Å². The van der Waals surface area contributed by atoms with Crippen LogP contribution in [0, 0.1) is 0 Å². The standard InChI is InChI=1S/C14H18N2O4/c1-15-12(17)8-5-9-13(18)16(10-14(19)20)11-6-3-2-4-7-11/h2-4,6-7H,5,8-10H2,1H3,(H,15,17)(H,19,20). The monoisotopic (exact) mass is 278 g/mol. The first-order valence-corrected chi connectivity index (χ1v) is 6.32. The van der Waals surface area contributed by atoms with E-state index >= 15 is 0 Å². The van der Waals surface area contributed by atoms with Crippen molar-refractivity contribution < 1.29 is 19.5 Å². The Labute approximate surface area is 117 Å². The maximum Gasteiger partial charge on any atom is 0.323 e. The van der Waals surface area contributed by atoms with Crippen LogP contribution in [0.4, 0.5) is 5.69 Å². The lowest BCUT2D eigenvalue weighted by Gasteiger charge is -2.20. The predicted molar refractivity (Wildman–Crippen MR) is 74.3 cm³/mol. The fraction of sp³-hybridized carbons (Fsp3) is 0.357. The largest absolute Gasteiger partial charge is 0.480 e. The summed E-state index contributed by atoms with van der Waals surface area (Å²) in [6.07, 6.45) is 0.773. The van der Waals surface area contributed by atoms with E-state index in [0.29, 0.717) is 12.1 Å². The summed E-state index contributed by atoms with van der Waals surface area (Å²) in [7, 11) is 1.53. The Morgan fingerprint density at radius 3 is 2.35 bits per heavy atom. The van der Waals surface area contributed by atoms with Crippen molar-refractivity contribution in [2.45, 2.75) is 19.3 Å². The molecule has 1 aromatic rings. The van der Waals surface area contributed by atoms with Gasteiger partial charge in [-0.05, 0) is 18.6 Å². The van der Waals surface area contributed by atoms with Gasteiger partial charge in [-0.3, -0.25) is 14.4 Å². The van der Waals surface area contributed by atoms with E-state index in [4.69, 9.17) is 5.11 Å². The molecule has 0 spiro atoms. The molecule has 0 aromatic heterocycles. The van der Waals surface area contributed by atoms with Crippen LogP contribution >= 0.6 is 0 Å². The lowest BCUT2D eigenvalue weighted by atomic mass is 10.2. The zero-order valence-electron chi connectivity index (χ0n) is 11.3. The van der Waals surface area contributed by atoms with E-state index in [1.807, 2.05) is 0 Å². The van der Waals surface area contributed by atoms with Gasteiger partial charge in [0.05, 0.1) is 0 Å². The zero-order valence-corrected chi connectivity index (χ0v) is 11.3. The van der Waals surface area contributed by atoms with Crippen LogP contribution in [0.5, 0.6) is 0 Å². The molecule has 108 valence electrons. The SMILES string of the molecule is CNC(=O)CCCC(=O)N(CC(=O)O)c1ccccc1. The number of anilines is 1. The molecule has 0 aliphatic carbocycles. The van der Waals surface area contributed by atoms with Crippen LogP contribution in [0.1, 0.15) is 19.3 Å². The van der Waals surface area contributed by atoms with Gasteiger partial charge in [0.1, 0.15) is 6.54 Å². The van der Waals surface area contributed by atoms with Gasteiger partial charge in [-0.15, -0.1) is 0 Å². The molecule has 1 rings (SSSR count). The number of carboxylic acid groups (broad SMARTS) is 1. The summed E-state index contributed by atoms with van der Waals surface area (Å²) in [5.41, 5.74) is 0.542. The summed E-state index contributed by atoms with van der Waals surface area (Å²) < 4.78 is 0. The smallest absolute Gasteiger partial charge is 0.323 e. The highest BCUT2D eigenvalue weighted by Crippen LogP contribution is 2.15. The molecule has 0 atom stereocenters. The van der Waals surface area contributed by atoms with Crippen LogP contribution < -0.4 is 10.2 Å². The average Bonchev–Trinajstić information content (AvgIpc) is 2.45. The highest BCUT2D eigenvalue weighted by molar-refractivity contribution is 5.97. The van der Waals surface area contributed by atoms with Crippen molar-refractivity contribution in [3.8, 4) is 0 Å². The first-order chi connectivity index (χ1) is 9.54. The third-order valence-corrected chi connectivity index (χ3v) is 2.74. The van der Waals surface area contributed by atoms with Gasteiger partial charge >= 0.3 is 5.97 Å². The molecule has 0 unspecified atom stereocenters. The van der Waals surface area contributed by atoms with Crippen molar-refractivity contribution in [2.75, 3.05) is 18.5 Å². The van der Waals surface area contributed by atoms with Crippen molar-refractivity contribution in [1.29, 1.82) is 0 Å². The Balaban J connectivity index is 2.66. The first kappa shape index (κ1) is 15.7. The molecular formula is C14H18N2O4. The second kappa shape index (κ2) is 7.93. The molecule has 0 heterocycles. The van der Waals surface area contributed by atoms with Crippen molar-refractivity contribution >= 4 is 23.5 Å². The van der Waals surface area contributed by atoms with Crippen molar-refractivity contribution in [1.82, 2.24) is 5.32 Å². The Hall–Kier alpha value is -2.37. The number of hydrogen-bond acceptors (Lipinski definition) is 3. The minimum Gasteiger partial charge on any atom is -0.480 e. The van der Waals surface area contributed by atoms with Gasteiger partial charge in [0.15, 0.2) is 0 Å². The first-order valence-electron chi connectivity index (χ1n) is 6.32. The lowest BCUT2D eigenvalue weighted by molar-refractivity contribution is -0.136. The molecule has 2 amide bonds. The number of carbonyl (C=O) groups is 3. The van der Waals surface area contributed by atoms with E-state index in [0.717, 1.165) is 0 Å². The topological polar surface area (TPSA) is 86.7 Å². The molecule has 1 aromatic carbocycles.